The second-order valence-corrected chi connectivity index (χ2v) is 8.81. The number of nitrogens with zero attached hydrogens (tertiary/aromatic N) is 3. The summed E-state index contributed by atoms with van der Waals surface area (Å²) in [5, 5.41) is 4.22. The molecular formula is C25H26N4O2S. The van der Waals surface area contributed by atoms with Crippen LogP contribution in [0.25, 0.3) is 22.2 Å². The van der Waals surface area contributed by atoms with E-state index in [9.17, 15) is 4.79 Å². The first-order valence-corrected chi connectivity index (χ1v) is 11.8. The molecule has 1 N–H and O–H groups in total. The van der Waals surface area contributed by atoms with Crippen LogP contribution >= 0.6 is 11.3 Å². The molecule has 1 aliphatic rings. The monoisotopic (exact) mass is 446 g/mol. The minimum absolute atomic E-state index is 0.217. The van der Waals surface area contributed by atoms with Crippen molar-refractivity contribution in [2.75, 3.05) is 38.2 Å². The van der Waals surface area contributed by atoms with E-state index in [1.165, 1.54) is 10.9 Å². The van der Waals surface area contributed by atoms with Crippen LogP contribution in [-0.2, 0) is 11.2 Å². The predicted octanol–water partition coefficient (Wildman–Crippen LogP) is 4.58. The van der Waals surface area contributed by atoms with Crippen molar-refractivity contribution in [2.45, 2.75) is 12.8 Å². The molecule has 3 heterocycles. The topological polar surface area (TPSA) is 61.5 Å². The van der Waals surface area contributed by atoms with Gasteiger partial charge in [-0.1, -0.05) is 18.2 Å². The van der Waals surface area contributed by atoms with Gasteiger partial charge in [0.1, 0.15) is 5.75 Å². The molecule has 7 heteroatoms. The summed E-state index contributed by atoms with van der Waals surface area (Å²) >= 11 is 1.65. The van der Waals surface area contributed by atoms with Gasteiger partial charge < -0.3 is 19.5 Å². The first-order valence-electron chi connectivity index (χ1n) is 10.9. The number of H-pyrrole nitrogens is 1. The highest BCUT2D eigenvalue weighted by molar-refractivity contribution is 7.13. The molecule has 2 aromatic heterocycles. The Labute approximate surface area is 191 Å². The second-order valence-electron chi connectivity index (χ2n) is 7.94. The number of anilines is 1. The predicted molar refractivity (Wildman–Crippen MR) is 130 cm³/mol. The third kappa shape index (κ3) is 4.08. The highest BCUT2D eigenvalue weighted by Crippen LogP contribution is 2.32. The maximum atomic E-state index is 13.0. The van der Waals surface area contributed by atoms with Crippen LogP contribution < -0.4 is 9.64 Å². The Hall–Kier alpha value is -3.32. The molecule has 32 heavy (non-hydrogen) atoms. The Balaban J connectivity index is 1.31. The van der Waals surface area contributed by atoms with Crippen LogP contribution in [0.4, 0.5) is 5.13 Å². The molecule has 0 spiro atoms. The number of carbonyl (C=O) groups is 1. The van der Waals surface area contributed by atoms with Crippen LogP contribution in [0.15, 0.2) is 60.1 Å². The van der Waals surface area contributed by atoms with Crippen LogP contribution in [0.5, 0.6) is 5.75 Å². The van der Waals surface area contributed by atoms with Gasteiger partial charge in [-0.15, -0.1) is 11.3 Å². The van der Waals surface area contributed by atoms with Gasteiger partial charge in [-0.3, -0.25) is 4.79 Å². The Morgan fingerprint density at radius 1 is 1.09 bits per heavy atom. The number of methoxy groups -OCH3 is 1. The van der Waals surface area contributed by atoms with E-state index in [0.717, 1.165) is 53.8 Å². The smallest absolute Gasteiger partial charge is 0.223 e. The molecule has 5 rings (SSSR count). The van der Waals surface area contributed by atoms with Crippen molar-refractivity contribution in [3.05, 3.63) is 65.7 Å². The summed E-state index contributed by atoms with van der Waals surface area (Å²) in [7, 11) is 1.67. The summed E-state index contributed by atoms with van der Waals surface area (Å²) in [5.41, 5.74) is 4.47. The van der Waals surface area contributed by atoms with Gasteiger partial charge in [0.05, 0.1) is 7.11 Å². The van der Waals surface area contributed by atoms with Crippen LogP contribution in [0.2, 0.25) is 0 Å². The number of aromatic nitrogens is 2. The van der Waals surface area contributed by atoms with E-state index in [2.05, 4.69) is 45.2 Å². The summed E-state index contributed by atoms with van der Waals surface area (Å²) < 4.78 is 5.30. The molecule has 0 saturated carbocycles. The number of carbonyl (C=O) groups excluding carboxylic acids is 1. The second kappa shape index (κ2) is 9.04. The van der Waals surface area contributed by atoms with E-state index in [0.29, 0.717) is 12.8 Å². The normalized spacial score (nSPS) is 14.2. The van der Waals surface area contributed by atoms with E-state index in [-0.39, 0.29) is 5.91 Å². The standard InChI is InChI=1S/C25H26N4O2S/c1-31-19-8-6-18(7-9-19)24-21(20-4-2-3-5-22(20)27-24)10-11-23(30)28-13-15-29(16-14-28)25-26-12-17-32-25/h2-9,12,17,27H,10-11,13-16H2,1H3. The Morgan fingerprint density at radius 3 is 2.59 bits per heavy atom. The Morgan fingerprint density at radius 2 is 1.88 bits per heavy atom. The fourth-order valence-corrected chi connectivity index (χ4v) is 5.07. The molecule has 1 aliphatic heterocycles. The van der Waals surface area contributed by atoms with Gasteiger partial charge in [-0.2, -0.15) is 0 Å². The molecule has 0 unspecified atom stereocenters. The summed E-state index contributed by atoms with van der Waals surface area (Å²) in [5.74, 6) is 1.05. The van der Waals surface area contributed by atoms with Gasteiger partial charge in [0.15, 0.2) is 5.13 Å². The lowest BCUT2D eigenvalue weighted by Crippen LogP contribution is -2.48. The van der Waals surface area contributed by atoms with E-state index in [4.69, 9.17) is 4.74 Å². The van der Waals surface area contributed by atoms with Crippen molar-refractivity contribution in [3.8, 4) is 17.0 Å². The van der Waals surface area contributed by atoms with Crippen LogP contribution in [0.3, 0.4) is 0 Å². The number of rotatable bonds is 6. The summed E-state index contributed by atoms with van der Waals surface area (Å²) in [6.07, 6.45) is 3.04. The fraction of sp³-hybridized carbons (Fsp3) is 0.280. The third-order valence-electron chi connectivity index (χ3n) is 6.10. The molecule has 0 aliphatic carbocycles. The maximum Gasteiger partial charge on any atom is 0.223 e. The van der Waals surface area contributed by atoms with Crippen LogP contribution in [0.1, 0.15) is 12.0 Å². The van der Waals surface area contributed by atoms with Crippen molar-refractivity contribution in [2.24, 2.45) is 0 Å². The summed E-state index contributed by atoms with van der Waals surface area (Å²) in [4.78, 5) is 25.2. The van der Waals surface area contributed by atoms with E-state index in [1.807, 2.05) is 34.7 Å². The van der Waals surface area contributed by atoms with Crippen molar-refractivity contribution in [1.82, 2.24) is 14.9 Å². The lowest BCUT2D eigenvalue weighted by atomic mass is 10.0. The molecule has 1 fully saturated rings. The zero-order valence-corrected chi connectivity index (χ0v) is 18.9. The number of thiazole rings is 1. The Bertz CT molecular complexity index is 1190. The van der Waals surface area contributed by atoms with Gasteiger partial charge >= 0.3 is 0 Å². The van der Waals surface area contributed by atoms with E-state index >= 15 is 0 Å². The van der Waals surface area contributed by atoms with Gasteiger partial charge in [-0.25, -0.2) is 4.98 Å². The number of amides is 1. The van der Waals surface area contributed by atoms with Gasteiger partial charge in [-0.05, 0) is 47.9 Å². The number of hydrogen-bond donors (Lipinski definition) is 1. The molecule has 6 nitrogen and oxygen atoms in total. The van der Waals surface area contributed by atoms with Crippen LogP contribution in [-0.4, -0.2) is 54.1 Å². The maximum absolute atomic E-state index is 13.0. The van der Waals surface area contributed by atoms with Gasteiger partial charge in [0.2, 0.25) is 5.91 Å². The lowest BCUT2D eigenvalue weighted by Gasteiger charge is -2.34. The zero-order valence-electron chi connectivity index (χ0n) is 18.1. The summed E-state index contributed by atoms with van der Waals surface area (Å²) in [6, 6.07) is 16.4. The molecule has 1 saturated heterocycles. The first kappa shape index (κ1) is 20.6. The number of benzene rings is 2. The molecule has 0 atom stereocenters. The number of ether oxygens (including phenoxy) is 1. The Kier molecular flexibility index (Phi) is 5.81. The van der Waals surface area contributed by atoms with Crippen LogP contribution in [0, 0.1) is 0 Å². The number of nitrogens with one attached hydrogen (secondary N) is 1. The van der Waals surface area contributed by atoms with Crippen molar-refractivity contribution >= 4 is 33.3 Å². The van der Waals surface area contributed by atoms with Crippen molar-refractivity contribution in [1.29, 1.82) is 0 Å². The number of para-hydroxylation sites is 1. The largest absolute Gasteiger partial charge is 0.497 e. The highest BCUT2D eigenvalue weighted by Gasteiger charge is 2.23. The number of aromatic amines is 1. The number of piperazine rings is 1. The number of hydrogen-bond acceptors (Lipinski definition) is 5. The minimum atomic E-state index is 0.217. The molecule has 4 aromatic rings. The zero-order chi connectivity index (χ0) is 21.9. The number of aryl methyl sites for hydroxylation is 1. The molecule has 0 bridgehead atoms. The average Bonchev–Trinajstić information content (AvgIpc) is 3.51. The van der Waals surface area contributed by atoms with Gasteiger partial charge in [0.25, 0.3) is 0 Å². The fourth-order valence-electron chi connectivity index (χ4n) is 4.37. The molecular weight excluding hydrogens is 420 g/mol. The molecule has 1 amide bonds. The lowest BCUT2D eigenvalue weighted by molar-refractivity contribution is -0.131. The average molecular weight is 447 g/mol. The van der Waals surface area contributed by atoms with E-state index < -0.39 is 0 Å². The third-order valence-corrected chi connectivity index (χ3v) is 6.94. The van der Waals surface area contributed by atoms with Crippen molar-refractivity contribution < 1.29 is 9.53 Å². The quantitative estimate of drug-likeness (QED) is 0.471. The SMILES string of the molecule is COc1ccc(-c2[nH]c3ccccc3c2CCC(=O)N2CCN(c3nccs3)CC2)cc1. The molecule has 164 valence electrons. The number of fused-ring (bicyclic) bond motifs is 1. The molecule has 2 aromatic carbocycles. The van der Waals surface area contributed by atoms with Gasteiger partial charge in [0, 0.05) is 60.8 Å². The highest BCUT2D eigenvalue weighted by atomic mass is 32.1. The molecule has 0 radical (unpaired) electrons. The summed E-state index contributed by atoms with van der Waals surface area (Å²) in [6.45, 7) is 3.17. The minimum Gasteiger partial charge on any atom is -0.497 e. The van der Waals surface area contributed by atoms with E-state index in [1.54, 1.807) is 18.4 Å². The first-order chi connectivity index (χ1) is 15.7. The van der Waals surface area contributed by atoms with Crippen molar-refractivity contribution in [3.63, 3.8) is 0 Å².